The van der Waals surface area contributed by atoms with Gasteiger partial charge in [0.05, 0.1) is 10.6 Å². The average molecular weight is 409 g/mol. The summed E-state index contributed by atoms with van der Waals surface area (Å²) in [4.78, 5) is 26.3. The van der Waals surface area contributed by atoms with Gasteiger partial charge in [0.15, 0.2) is 5.13 Å². The largest absolute Gasteiger partial charge is 0.435 e. The number of hydrogen-bond donors (Lipinski definition) is 1. The summed E-state index contributed by atoms with van der Waals surface area (Å²) in [5.41, 5.74) is 1.11. The molecule has 0 saturated carbocycles. The van der Waals surface area contributed by atoms with Gasteiger partial charge in [0, 0.05) is 23.9 Å². The van der Waals surface area contributed by atoms with Crippen LogP contribution in [0.1, 0.15) is 6.42 Å². The van der Waals surface area contributed by atoms with E-state index in [9.17, 15) is 23.7 Å². The first-order valence-electron chi connectivity index (χ1n) is 7.88. The van der Waals surface area contributed by atoms with E-state index in [1.54, 1.807) is 17.5 Å². The van der Waals surface area contributed by atoms with Crippen molar-refractivity contribution in [3.05, 3.63) is 52.2 Å². The summed E-state index contributed by atoms with van der Waals surface area (Å²) in [6.45, 7) is -2.71. The first kappa shape index (κ1) is 19.4. The van der Waals surface area contributed by atoms with Crippen molar-refractivity contribution in [1.82, 2.24) is 14.8 Å². The van der Waals surface area contributed by atoms with Crippen molar-refractivity contribution in [2.24, 2.45) is 0 Å². The zero-order valence-corrected chi connectivity index (χ0v) is 14.9. The second-order valence-electron chi connectivity index (χ2n) is 5.46. The van der Waals surface area contributed by atoms with Crippen molar-refractivity contribution in [1.29, 1.82) is 0 Å². The first-order valence-corrected chi connectivity index (χ1v) is 8.76. The highest BCUT2D eigenvalue weighted by molar-refractivity contribution is 7.14. The van der Waals surface area contributed by atoms with Gasteiger partial charge < -0.3 is 10.1 Å². The van der Waals surface area contributed by atoms with Crippen LogP contribution in [0.15, 0.2) is 42.0 Å². The van der Waals surface area contributed by atoms with Crippen molar-refractivity contribution in [2.45, 2.75) is 19.6 Å². The number of nitrogens with zero attached hydrogens (tertiary/aromatic N) is 4. The molecule has 0 spiro atoms. The SMILES string of the molecule is O=C(CCn1cc([N+](=O)[O-])cn1)Nc1nc(-c2ccc(OC(F)F)cc2)cs1. The summed E-state index contributed by atoms with van der Waals surface area (Å²) in [6, 6.07) is 5.98. The Morgan fingerprint density at radius 3 is 2.75 bits per heavy atom. The fourth-order valence-corrected chi connectivity index (χ4v) is 2.97. The van der Waals surface area contributed by atoms with E-state index >= 15 is 0 Å². The third-order valence-electron chi connectivity index (χ3n) is 3.52. The van der Waals surface area contributed by atoms with Crippen LogP contribution in [0, 0.1) is 10.1 Å². The van der Waals surface area contributed by atoms with Gasteiger partial charge in [-0.05, 0) is 24.3 Å². The van der Waals surface area contributed by atoms with Gasteiger partial charge in [-0.3, -0.25) is 19.6 Å². The lowest BCUT2D eigenvalue weighted by Gasteiger charge is -2.04. The second-order valence-corrected chi connectivity index (χ2v) is 6.32. The zero-order valence-electron chi connectivity index (χ0n) is 14.1. The lowest BCUT2D eigenvalue weighted by molar-refractivity contribution is -0.385. The average Bonchev–Trinajstić information content (AvgIpc) is 3.30. The Morgan fingerprint density at radius 2 is 2.11 bits per heavy atom. The number of alkyl halides is 2. The predicted octanol–water partition coefficient (Wildman–Crippen LogP) is 3.55. The van der Waals surface area contributed by atoms with Gasteiger partial charge in [-0.25, -0.2) is 4.98 Å². The fourth-order valence-electron chi connectivity index (χ4n) is 2.24. The maximum absolute atomic E-state index is 12.2. The lowest BCUT2D eigenvalue weighted by Crippen LogP contribution is -2.14. The van der Waals surface area contributed by atoms with Gasteiger partial charge in [-0.15, -0.1) is 11.3 Å². The highest BCUT2D eigenvalue weighted by Crippen LogP contribution is 2.27. The minimum Gasteiger partial charge on any atom is -0.435 e. The van der Waals surface area contributed by atoms with Gasteiger partial charge in [0.25, 0.3) is 0 Å². The highest BCUT2D eigenvalue weighted by Gasteiger charge is 2.12. The number of ether oxygens (including phenoxy) is 1. The van der Waals surface area contributed by atoms with E-state index in [1.807, 2.05) is 0 Å². The number of amides is 1. The van der Waals surface area contributed by atoms with Gasteiger partial charge in [-0.2, -0.15) is 13.9 Å². The van der Waals surface area contributed by atoms with E-state index in [-0.39, 0.29) is 30.3 Å². The Balaban J connectivity index is 1.54. The molecule has 0 bridgehead atoms. The molecule has 0 fully saturated rings. The second kappa shape index (κ2) is 8.52. The number of aryl methyl sites for hydroxylation is 1. The minimum atomic E-state index is -2.89. The number of rotatable bonds is 8. The van der Waals surface area contributed by atoms with Crippen LogP contribution >= 0.6 is 11.3 Å². The molecule has 2 aromatic heterocycles. The van der Waals surface area contributed by atoms with Gasteiger partial charge in [0.2, 0.25) is 5.91 Å². The highest BCUT2D eigenvalue weighted by atomic mass is 32.1. The van der Waals surface area contributed by atoms with Crippen molar-refractivity contribution in [3.63, 3.8) is 0 Å². The third kappa shape index (κ3) is 5.07. The van der Waals surface area contributed by atoms with Crippen LogP contribution in [0.25, 0.3) is 11.3 Å². The smallest absolute Gasteiger partial charge is 0.387 e. The number of nitro groups is 1. The molecule has 28 heavy (non-hydrogen) atoms. The molecule has 12 heteroatoms. The monoisotopic (exact) mass is 409 g/mol. The molecule has 2 heterocycles. The van der Waals surface area contributed by atoms with Crippen molar-refractivity contribution in [2.75, 3.05) is 5.32 Å². The van der Waals surface area contributed by atoms with E-state index in [0.717, 1.165) is 6.20 Å². The summed E-state index contributed by atoms with van der Waals surface area (Å²) in [5, 5.41) is 19.1. The summed E-state index contributed by atoms with van der Waals surface area (Å²) in [6.07, 6.45) is 2.42. The number of carbonyl (C=O) groups excluding carboxylic acids is 1. The number of carbonyl (C=O) groups is 1. The van der Waals surface area contributed by atoms with Crippen LogP contribution < -0.4 is 10.1 Å². The van der Waals surface area contributed by atoms with Crippen molar-refractivity contribution >= 4 is 28.1 Å². The summed E-state index contributed by atoms with van der Waals surface area (Å²) in [7, 11) is 0. The number of hydrogen-bond acceptors (Lipinski definition) is 7. The van der Waals surface area contributed by atoms with Crippen LogP contribution in [-0.2, 0) is 11.3 Å². The molecule has 0 unspecified atom stereocenters. The molecule has 3 aromatic rings. The van der Waals surface area contributed by atoms with E-state index in [0.29, 0.717) is 16.4 Å². The van der Waals surface area contributed by atoms with Gasteiger partial charge >= 0.3 is 12.3 Å². The molecule has 0 radical (unpaired) electrons. The molecule has 3 rings (SSSR count). The standard InChI is InChI=1S/C16H13F2N5O4S/c17-15(18)27-12-3-1-10(2-4-12)13-9-28-16(20-13)21-14(24)5-6-22-8-11(7-19-22)23(25)26/h1-4,7-9,15H,5-6H2,(H,20,21,24). The molecule has 146 valence electrons. The number of benzene rings is 1. The Labute approximate surface area is 160 Å². The number of anilines is 1. The van der Waals surface area contributed by atoms with Crippen LogP contribution in [-0.4, -0.2) is 32.2 Å². The van der Waals surface area contributed by atoms with Crippen LogP contribution in [0.2, 0.25) is 0 Å². The van der Waals surface area contributed by atoms with E-state index in [4.69, 9.17) is 0 Å². The number of nitrogens with one attached hydrogen (secondary N) is 1. The molecule has 1 N–H and O–H groups in total. The van der Waals surface area contributed by atoms with Crippen LogP contribution in [0.5, 0.6) is 5.75 Å². The summed E-state index contributed by atoms with van der Waals surface area (Å²) < 4.78 is 29.9. The normalized spacial score (nSPS) is 10.8. The molecule has 9 nitrogen and oxygen atoms in total. The molecule has 1 amide bonds. The molecular formula is C16H13F2N5O4S. The molecule has 0 saturated heterocycles. The molecule has 0 aliphatic heterocycles. The van der Waals surface area contributed by atoms with Crippen molar-refractivity contribution < 1.29 is 23.2 Å². The number of thiazole rings is 1. The zero-order chi connectivity index (χ0) is 20.1. The van der Waals surface area contributed by atoms with Crippen LogP contribution in [0.3, 0.4) is 0 Å². The maximum Gasteiger partial charge on any atom is 0.387 e. The molecular weight excluding hydrogens is 396 g/mol. The molecule has 0 aliphatic carbocycles. The first-order chi connectivity index (χ1) is 13.4. The maximum atomic E-state index is 12.2. The predicted molar refractivity (Wildman–Crippen MR) is 96.3 cm³/mol. The third-order valence-corrected chi connectivity index (χ3v) is 4.28. The van der Waals surface area contributed by atoms with Gasteiger partial charge in [-0.1, -0.05) is 0 Å². The summed E-state index contributed by atoms with van der Waals surface area (Å²) in [5.74, 6) is -0.277. The summed E-state index contributed by atoms with van der Waals surface area (Å²) >= 11 is 1.21. The number of halogens is 2. The van der Waals surface area contributed by atoms with E-state index < -0.39 is 11.5 Å². The van der Waals surface area contributed by atoms with Crippen molar-refractivity contribution in [3.8, 4) is 17.0 Å². The fraction of sp³-hybridized carbons (Fsp3) is 0.188. The Hall–Kier alpha value is -3.41. The topological polar surface area (TPSA) is 112 Å². The van der Waals surface area contributed by atoms with E-state index in [2.05, 4.69) is 20.1 Å². The van der Waals surface area contributed by atoms with E-state index in [1.165, 1.54) is 34.3 Å². The number of aromatic nitrogens is 3. The Bertz CT molecular complexity index is 974. The molecule has 0 atom stereocenters. The molecule has 0 aliphatic rings. The quantitative estimate of drug-likeness (QED) is 0.450. The van der Waals surface area contributed by atoms with Crippen LogP contribution in [0.4, 0.5) is 19.6 Å². The lowest BCUT2D eigenvalue weighted by atomic mass is 10.2. The Morgan fingerprint density at radius 1 is 1.36 bits per heavy atom. The van der Waals surface area contributed by atoms with Gasteiger partial charge in [0.1, 0.15) is 18.1 Å². The minimum absolute atomic E-state index is 0.0429. The molecule has 1 aromatic carbocycles. The Kier molecular flexibility index (Phi) is 5.89.